The lowest BCUT2D eigenvalue weighted by Crippen LogP contribution is -2.36. The smallest absolute Gasteiger partial charge is 0.198 e. The first-order valence-corrected chi connectivity index (χ1v) is 12.4. The molecule has 1 fully saturated rings. The quantitative estimate of drug-likeness (QED) is 0.270. The fourth-order valence-corrected chi connectivity index (χ4v) is 6.12. The molecule has 160 valence electrons. The molecule has 3 heteroatoms. The molecule has 1 aromatic rings. The van der Waals surface area contributed by atoms with Gasteiger partial charge < -0.3 is 0 Å². The lowest BCUT2D eigenvalue weighted by atomic mass is 9.72. The number of hydrogen-bond donors (Lipinski definition) is 0. The van der Waals surface area contributed by atoms with Crippen molar-refractivity contribution in [3.05, 3.63) is 60.2 Å². The molecule has 0 aromatic heterocycles. The van der Waals surface area contributed by atoms with Crippen molar-refractivity contribution in [2.75, 3.05) is 0 Å². The van der Waals surface area contributed by atoms with Gasteiger partial charge in [-0.05, 0) is 30.2 Å². The number of alkyl halides is 2. The van der Waals surface area contributed by atoms with Gasteiger partial charge in [-0.25, -0.2) is 0 Å². The molecule has 0 amide bonds. The van der Waals surface area contributed by atoms with Crippen LogP contribution < -0.4 is 0 Å². The van der Waals surface area contributed by atoms with Crippen LogP contribution in [0, 0.1) is 11.8 Å². The van der Waals surface area contributed by atoms with Crippen LogP contribution in [0.3, 0.4) is 0 Å². The van der Waals surface area contributed by atoms with E-state index in [-0.39, 0.29) is 5.92 Å². The number of halogens is 2. The van der Waals surface area contributed by atoms with E-state index in [0.29, 0.717) is 5.92 Å². The van der Waals surface area contributed by atoms with E-state index >= 15 is 0 Å². The molecule has 1 saturated carbocycles. The number of thioether (sulfide) groups is 1. The van der Waals surface area contributed by atoms with Crippen LogP contribution in [0.2, 0.25) is 0 Å². The largest absolute Gasteiger partial charge is 0.285 e. The summed E-state index contributed by atoms with van der Waals surface area (Å²) in [5.74, 6) is -1.02. The maximum absolute atomic E-state index is 13.5. The highest BCUT2D eigenvalue weighted by Crippen LogP contribution is 2.49. The summed E-state index contributed by atoms with van der Waals surface area (Å²) in [5.41, 5.74) is 1.22. The monoisotopic (exact) mass is 418 g/mol. The van der Waals surface area contributed by atoms with Crippen LogP contribution in [0.5, 0.6) is 0 Å². The minimum Gasteiger partial charge on any atom is -0.198 e. The molecule has 2 aliphatic rings. The normalized spacial score (nSPS) is 29.4. The average Bonchev–Trinajstić information content (AvgIpc) is 2.75. The Balaban J connectivity index is 1.57. The van der Waals surface area contributed by atoms with E-state index in [4.69, 9.17) is 0 Å². The average molecular weight is 419 g/mol. The maximum atomic E-state index is 13.5. The van der Waals surface area contributed by atoms with Crippen molar-refractivity contribution in [2.45, 2.75) is 87.6 Å². The highest BCUT2D eigenvalue weighted by Gasteiger charge is 2.41. The van der Waals surface area contributed by atoms with Crippen LogP contribution in [0.4, 0.5) is 8.78 Å². The van der Waals surface area contributed by atoms with E-state index in [1.807, 2.05) is 18.2 Å². The van der Waals surface area contributed by atoms with Gasteiger partial charge in [-0.3, -0.25) is 0 Å². The molecule has 1 aromatic carbocycles. The second kappa shape index (κ2) is 11.3. The van der Waals surface area contributed by atoms with Gasteiger partial charge in [0.1, 0.15) is 0 Å². The summed E-state index contributed by atoms with van der Waals surface area (Å²) in [6.45, 7) is 2.25. The van der Waals surface area contributed by atoms with Crippen molar-refractivity contribution in [2.24, 2.45) is 11.8 Å². The summed E-state index contributed by atoms with van der Waals surface area (Å²) in [7, 11) is 0. The Morgan fingerprint density at radius 3 is 2.21 bits per heavy atom. The van der Waals surface area contributed by atoms with Crippen molar-refractivity contribution in [1.82, 2.24) is 0 Å². The number of allylic oxidation sites excluding steroid dienone is 2. The third kappa shape index (κ3) is 6.44. The lowest BCUT2D eigenvalue weighted by Gasteiger charge is -2.41. The van der Waals surface area contributed by atoms with Gasteiger partial charge in [0.15, 0.2) is 0 Å². The number of unbranched alkanes of at least 4 members (excludes halogenated alkanes) is 4. The summed E-state index contributed by atoms with van der Waals surface area (Å²) >= 11 is 0.848. The number of hydrogen-bond acceptors (Lipinski definition) is 1. The topological polar surface area (TPSA) is 0 Å². The molecule has 0 saturated heterocycles. The third-order valence-electron chi connectivity index (χ3n) is 6.81. The Bertz CT molecular complexity index is 630. The first-order valence-electron chi connectivity index (χ1n) is 11.5. The molecule has 3 rings (SSSR count). The van der Waals surface area contributed by atoms with Crippen LogP contribution in [0.25, 0.3) is 0 Å². The van der Waals surface area contributed by atoms with Gasteiger partial charge in [-0.15, -0.1) is 0 Å². The first kappa shape index (κ1) is 22.6. The van der Waals surface area contributed by atoms with Crippen LogP contribution in [-0.2, 0) is 0 Å². The van der Waals surface area contributed by atoms with E-state index < -0.39 is 10.5 Å². The third-order valence-corrected chi connectivity index (χ3v) is 8.00. The molecule has 0 spiro atoms. The van der Waals surface area contributed by atoms with Crippen LogP contribution in [0.1, 0.15) is 82.6 Å². The second-order valence-electron chi connectivity index (χ2n) is 8.81. The molecule has 0 N–H and O–H groups in total. The molecule has 2 aliphatic carbocycles. The second-order valence-corrected chi connectivity index (χ2v) is 10.1. The Kier molecular flexibility index (Phi) is 8.84. The Morgan fingerprint density at radius 1 is 0.931 bits per heavy atom. The molecule has 29 heavy (non-hydrogen) atoms. The van der Waals surface area contributed by atoms with Crippen LogP contribution in [0.15, 0.2) is 54.6 Å². The zero-order valence-electron chi connectivity index (χ0n) is 17.7. The van der Waals surface area contributed by atoms with Crippen molar-refractivity contribution >= 4 is 11.8 Å². The van der Waals surface area contributed by atoms with E-state index in [1.165, 1.54) is 56.9 Å². The highest BCUT2D eigenvalue weighted by molar-refractivity contribution is 8.01. The van der Waals surface area contributed by atoms with Crippen molar-refractivity contribution in [1.29, 1.82) is 0 Å². The summed E-state index contributed by atoms with van der Waals surface area (Å²) in [4.78, 5) is 0. The fraction of sp³-hybridized carbons (Fsp3) is 0.615. The van der Waals surface area contributed by atoms with Crippen molar-refractivity contribution in [3.8, 4) is 0 Å². The minimum absolute atomic E-state index is 0.196. The Labute approximate surface area is 180 Å². The number of rotatable bonds is 10. The van der Waals surface area contributed by atoms with Gasteiger partial charge in [0, 0.05) is 5.92 Å². The highest BCUT2D eigenvalue weighted by atomic mass is 32.2. The molecule has 0 atom stereocenters. The van der Waals surface area contributed by atoms with Crippen LogP contribution >= 0.6 is 11.8 Å². The molecule has 0 unspecified atom stereocenters. The molecular formula is C26H36F2S. The minimum atomic E-state index is -2.34. The number of benzene rings is 1. The molecular weight excluding hydrogens is 382 g/mol. The molecule has 0 heterocycles. The maximum Gasteiger partial charge on any atom is 0.285 e. The Morgan fingerprint density at radius 2 is 1.59 bits per heavy atom. The SMILES string of the molecule is CCCCCCC[C@H]1CC[C@H](C2(SC(F)F)C=CC(c3ccccc3)C=C2)CC1. The molecule has 0 aliphatic heterocycles. The lowest BCUT2D eigenvalue weighted by molar-refractivity contribution is 0.231. The van der Waals surface area contributed by atoms with Gasteiger partial charge in [-0.2, -0.15) is 8.78 Å². The van der Waals surface area contributed by atoms with E-state index in [0.717, 1.165) is 30.5 Å². The van der Waals surface area contributed by atoms with E-state index in [1.54, 1.807) is 0 Å². The van der Waals surface area contributed by atoms with Gasteiger partial charge in [0.2, 0.25) is 0 Å². The summed E-state index contributed by atoms with van der Waals surface area (Å²) in [5, 5.41) is 0. The van der Waals surface area contributed by atoms with Crippen molar-refractivity contribution < 1.29 is 8.78 Å². The first-order chi connectivity index (χ1) is 14.1. The van der Waals surface area contributed by atoms with E-state index in [2.05, 4.69) is 43.4 Å². The van der Waals surface area contributed by atoms with E-state index in [9.17, 15) is 8.78 Å². The molecule has 0 nitrogen and oxygen atoms in total. The predicted octanol–water partition coefficient (Wildman–Crippen LogP) is 8.76. The van der Waals surface area contributed by atoms with Crippen LogP contribution in [-0.4, -0.2) is 10.5 Å². The standard InChI is InChI=1S/C26H36F2S/c1-2-3-4-5-7-10-21-13-15-24(16-14-21)26(29-25(27)28)19-17-23(18-20-26)22-11-8-6-9-12-22/h6,8-9,11-12,17-21,23-25H,2-5,7,10,13-16H2,1H3/t21-,23?,24-,26?. The fourth-order valence-electron chi connectivity index (χ4n) is 5.07. The zero-order valence-corrected chi connectivity index (χ0v) is 18.6. The van der Waals surface area contributed by atoms with Gasteiger partial charge in [0.05, 0.1) is 4.75 Å². The molecule has 0 radical (unpaired) electrons. The van der Waals surface area contributed by atoms with Crippen molar-refractivity contribution in [3.63, 3.8) is 0 Å². The van der Waals surface area contributed by atoms with Gasteiger partial charge in [-0.1, -0.05) is 125 Å². The predicted molar refractivity (Wildman–Crippen MR) is 123 cm³/mol. The van der Waals surface area contributed by atoms with Gasteiger partial charge in [0.25, 0.3) is 5.76 Å². The van der Waals surface area contributed by atoms with Gasteiger partial charge >= 0.3 is 0 Å². The molecule has 0 bridgehead atoms. The zero-order chi connectivity index (χ0) is 20.5. The Hall–Kier alpha value is -1.09. The summed E-state index contributed by atoms with van der Waals surface area (Å²) < 4.78 is 26.4. The summed E-state index contributed by atoms with van der Waals surface area (Å²) in [6.07, 6.45) is 21.0. The summed E-state index contributed by atoms with van der Waals surface area (Å²) in [6, 6.07) is 10.3.